The molecule has 0 saturated heterocycles. The van der Waals surface area contributed by atoms with Gasteiger partial charge in [-0.25, -0.2) is 8.78 Å². The molecular weight excluding hydrogens is 320 g/mol. The summed E-state index contributed by atoms with van der Waals surface area (Å²) in [4.78, 5) is 11.6. The summed E-state index contributed by atoms with van der Waals surface area (Å²) in [5.74, 6) is 0.387. The van der Waals surface area contributed by atoms with Gasteiger partial charge in [-0.1, -0.05) is 25.4 Å². The lowest BCUT2D eigenvalue weighted by Gasteiger charge is -2.05. The molecule has 0 unspecified atom stereocenters. The lowest BCUT2D eigenvalue weighted by molar-refractivity contribution is 0.147. The van der Waals surface area contributed by atoms with Crippen LogP contribution in [-0.4, -0.2) is 21.4 Å². The zero-order chi connectivity index (χ0) is 16.6. The van der Waals surface area contributed by atoms with Crippen molar-refractivity contribution in [1.29, 1.82) is 0 Å². The number of hydrogen-bond acceptors (Lipinski definition) is 2. The maximum absolute atomic E-state index is 12.4. The molecule has 1 aromatic carbocycles. The molecule has 0 bridgehead atoms. The van der Waals surface area contributed by atoms with Crippen molar-refractivity contribution in [3.8, 4) is 11.3 Å². The number of aromatic nitrogens is 3. The molecule has 0 fully saturated rings. The van der Waals surface area contributed by atoms with Crippen LogP contribution in [0.1, 0.15) is 31.2 Å². The molecular formula is C17H16ClF2N3. The molecule has 2 heterocycles. The summed E-state index contributed by atoms with van der Waals surface area (Å²) in [6, 6.07) is 5.87. The van der Waals surface area contributed by atoms with Gasteiger partial charge in [-0.05, 0) is 24.1 Å². The smallest absolute Gasteiger partial charge is 0.244 e. The van der Waals surface area contributed by atoms with Gasteiger partial charge >= 0.3 is 0 Å². The molecule has 1 N–H and O–H groups in total. The molecule has 0 aliphatic rings. The maximum Gasteiger partial charge on any atom is 0.244 e. The predicted octanol–water partition coefficient (Wildman–Crippen LogP) is 5.21. The van der Waals surface area contributed by atoms with Gasteiger partial charge in [-0.2, -0.15) is 0 Å². The number of benzene rings is 1. The standard InChI is InChI=1S/C17H16ClF2N3/c1-9(2)14-4-10-3-13(18)12(6-15(10)23-14)16-8-21-11(7-22-16)5-17(19)20/h3-4,6-9,17,23H,5H2,1-2H3. The second-order valence-electron chi connectivity index (χ2n) is 5.79. The van der Waals surface area contributed by atoms with Crippen LogP contribution in [0.25, 0.3) is 22.2 Å². The van der Waals surface area contributed by atoms with Gasteiger partial charge in [0.15, 0.2) is 0 Å². The normalized spacial score (nSPS) is 11.8. The van der Waals surface area contributed by atoms with E-state index in [2.05, 4.69) is 34.9 Å². The zero-order valence-electron chi connectivity index (χ0n) is 12.8. The van der Waals surface area contributed by atoms with E-state index in [0.29, 0.717) is 16.6 Å². The number of aromatic amines is 1. The number of nitrogens with zero attached hydrogens (tertiary/aromatic N) is 2. The number of fused-ring (bicyclic) bond motifs is 1. The molecule has 0 aliphatic heterocycles. The molecule has 3 rings (SSSR count). The molecule has 0 aliphatic carbocycles. The molecule has 0 atom stereocenters. The van der Waals surface area contributed by atoms with E-state index in [1.54, 1.807) is 0 Å². The number of H-pyrrole nitrogens is 1. The van der Waals surface area contributed by atoms with Crippen molar-refractivity contribution in [3.63, 3.8) is 0 Å². The predicted molar refractivity (Wildman–Crippen MR) is 88.1 cm³/mol. The van der Waals surface area contributed by atoms with Crippen LogP contribution in [0.5, 0.6) is 0 Å². The van der Waals surface area contributed by atoms with Gasteiger partial charge in [0.1, 0.15) is 0 Å². The van der Waals surface area contributed by atoms with Crippen molar-refractivity contribution in [1.82, 2.24) is 15.0 Å². The van der Waals surface area contributed by atoms with Crippen molar-refractivity contribution < 1.29 is 8.78 Å². The Balaban J connectivity index is 2.00. The molecule has 0 radical (unpaired) electrons. The van der Waals surface area contributed by atoms with Crippen LogP contribution in [0.3, 0.4) is 0 Å². The molecule has 0 saturated carbocycles. The Bertz CT molecular complexity index is 826. The van der Waals surface area contributed by atoms with E-state index in [4.69, 9.17) is 11.6 Å². The van der Waals surface area contributed by atoms with E-state index < -0.39 is 12.8 Å². The highest BCUT2D eigenvalue weighted by molar-refractivity contribution is 6.34. The molecule has 23 heavy (non-hydrogen) atoms. The zero-order valence-corrected chi connectivity index (χ0v) is 13.5. The first kappa shape index (κ1) is 15.9. The monoisotopic (exact) mass is 335 g/mol. The van der Waals surface area contributed by atoms with Crippen molar-refractivity contribution >= 4 is 22.5 Å². The lowest BCUT2D eigenvalue weighted by atomic mass is 10.1. The number of hydrogen-bond donors (Lipinski definition) is 1. The SMILES string of the molecule is CC(C)c1cc2cc(Cl)c(-c3cnc(CC(F)F)cn3)cc2[nH]1. The van der Waals surface area contributed by atoms with Crippen LogP contribution < -0.4 is 0 Å². The summed E-state index contributed by atoms with van der Waals surface area (Å²) in [6.07, 6.45) is 0.0327. The Labute approximate surface area is 137 Å². The molecule has 0 amide bonds. The Morgan fingerprint density at radius 1 is 1.13 bits per heavy atom. The summed E-state index contributed by atoms with van der Waals surface area (Å²) in [6.45, 7) is 4.22. The summed E-state index contributed by atoms with van der Waals surface area (Å²) >= 11 is 6.35. The molecule has 6 heteroatoms. The van der Waals surface area contributed by atoms with Crippen molar-refractivity contribution in [2.24, 2.45) is 0 Å². The van der Waals surface area contributed by atoms with E-state index in [9.17, 15) is 8.78 Å². The molecule has 2 aromatic heterocycles. The third-order valence-corrected chi connectivity index (χ3v) is 4.01. The molecule has 3 aromatic rings. The summed E-state index contributed by atoms with van der Waals surface area (Å²) < 4.78 is 24.7. The Morgan fingerprint density at radius 3 is 2.52 bits per heavy atom. The largest absolute Gasteiger partial charge is 0.358 e. The van der Waals surface area contributed by atoms with Crippen LogP contribution in [0, 0.1) is 0 Å². The van der Waals surface area contributed by atoms with Crippen LogP contribution >= 0.6 is 11.6 Å². The van der Waals surface area contributed by atoms with E-state index in [1.165, 1.54) is 12.4 Å². The van der Waals surface area contributed by atoms with Gasteiger partial charge in [0.25, 0.3) is 0 Å². The third kappa shape index (κ3) is 3.34. The molecule has 0 spiro atoms. The average molecular weight is 336 g/mol. The first-order chi connectivity index (χ1) is 10.9. The summed E-state index contributed by atoms with van der Waals surface area (Å²) in [5.41, 5.74) is 3.66. The second kappa shape index (κ2) is 6.24. The first-order valence-corrected chi connectivity index (χ1v) is 7.73. The highest BCUT2D eigenvalue weighted by Crippen LogP contribution is 2.32. The van der Waals surface area contributed by atoms with Crippen molar-refractivity contribution in [3.05, 3.63) is 47.0 Å². The van der Waals surface area contributed by atoms with Gasteiger partial charge in [-0.15, -0.1) is 0 Å². The van der Waals surface area contributed by atoms with Crippen molar-refractivity contribution in [2.75, 3.05) is 0 Å². The summed E-state index contributed by atoms with van der Waals surface area (Å²) in [7, 11) is 0. The Hall–Kier alpha value is -2.01. The highest BCUT2D eigenvalue weighted by atomic mass is 35.5. The van der Waals surface area contributed by atoms with E-state index in [1.807, 2.05) is 12.1 Å². The van der Waals surface area contributed by atoms with Gasteiger partial charge in [0.05, 0.1) is 29.0 Å². The number of rotatable bonds is 4. The fourth-order valence-corrected chi connectivity index (χ4v) is 2.71. The van der Waals surface area contributed by atoms with Gasteiger partial charge in [0.2, 0.25) is 6.43 Å². The maximum atomic E-state index is 12.4. The number of nitrogens with one attached hydrogen (secondary N) is 1. The number of alkyl halides is 2. The van der Waals surface area contributed by atoms with Crippen LogP contribution in [0.4, 0.5) is 8.78 Å². The van der Waals surface area contributed by atoms with Crippen LogP contribution in [0.2, 0.25) is 5.02 Å². The van der Waals surface area contributed by atoms with Gasteiger partial charge in [0, 0.05) is 28.4 Å². The summed E-state index contributed by atoms with van der Waals surface area (Å²) in [5, 5.41) is 1.59. The third-order valence-electron chi connectivity index (χ3n) is 3.70. The fourth-order valence-electron chi connectivity index (χ4n) is 2.44. The second-order valence-corrected chi connectivity index (χ2v) is 6.19. The number of halogens is 3. The van der Waals surface area contributed by atoms with E-state index in [0.717, 1.165) is 22.2 Å². The van der Waals surface area contributed by atoms with E-state index >= 15 is 0 Å². The quantitative estimate of drug-likeness (QED) is 0.711. The minimum absolute atomic E-state index is 0.267. The molecule has 120 valence electrons. The average Bonchev–Trinajstić information content (AvgIpc) is 2.90. The minimum Gasteiger partial charge on any atom is -0.358 e. The minimum atomic E-state index is -2.43. The van der Waals surface area contributed by atoms with Gasteiger partial charge < -0.3 is 4.98 Å². The molecule has 3 nitrogen and oxygen atoms in total. The fraction of sp³-hybridized carbons (Fsp3) is 0.294. The highest BCUT2D eigenvalue weighted by Gasteiger charge is 2.12. The van der Waals surface area contributed by atoms with Crippen LogP contribution in [-0.2, 0) is 6.42 Å². The lowest BCUT2D eigenvalue weighted by Crippen LogP contribution is -2.00. The van der Waals surface area contributed by atoms with Crippen molar-refractivity contribution in [2.45, 2.75) is 32.6 Å². The topological polar surface area (TPSA) is 41.6 Å². The van der Waals surface area contributed by atoms with Gasteiger partial charge in [-0.3, -0.25) is 9.97 Å². The van der Waals surface area contributed by atoms with E-state index in [-0.39, 0.29) is 5.69 Å². The van der Waals surface area contributed by atoms with Crippen LogP contribution in [0.15, 0.2) is 30.6 Å². The Morgan fingerprint density at radius 2 is 1.91 bits per heavy atom. The Kier molecular flexibility index (Phi) is 4.31. The first-order valence-electron chi connectivity index (χ1n) is 7.35.